The van der Waals surface area contributed by atoms with E-state index in [1.165, 1.54) is 0 Å². The van der Waals surface area contributed by atoms with Gasteiger partial charge in [-0.05, 0) is 5.25 Å². The molecule has 1 fully saturated rings. The van der Waals surface area contributed by atoms with Crippen LogP contribution in [0.3, 0.4) is 0 Å². The van der Waals surface area contributed by atoms with Crippen molar-refractivity contribution in [2.75, 3.05) is 6.61 Å². The molecule has 0 aromatic rings. The molecule has 0 saturated carbocycles. The predicted molar refractivity (Wildman–Crippen MR) is 33.6 cm³/mol. The molecule has 0 spiro atoms. The van der Waals surface area contributed by atoms with Gasteiger partial charge in [0, 0.05) is 0 Å². The minimum absolute atomic E-state index is 0. The smallest absolute Gasteiger partial charge is 0.854 e. The minimum Gasteiger partial charge on any atom is -0.854 e. The molecule has 1 aliphatic rings. The normalized spacial score (nSPS) is 36.9. The van der Waals surface area contributed by atoms with Crippen molar-refractivity contribution in [3.05, 3.63) is 0 Å². The van der Waals surface area contributed by atoms with E-state index in [0.717, 1.165) is 0 Å². The van der Waals surface area contributed by atoms with Crippen molar-refractivity contribution in [3.8, 4) is 0 Å². The maximum atomic E-state index is 11.0. The molecule has 0 aromatic carbocycles. The van der Waals surface area contributed by atoms with E-state index in [9.17, 15) is 20.4 Å². The van der Waals surface area contributed by atoms with Crippen molar-refractivity contribution in [1.29, 1.82) is 0 Å². The van der Waals surface area contributed by atoms with Crippen LogP contribution in [0.4, 0.5) is 0 Å². The Morgan fingerprint density at radius 1 is 0.875 bits per heavy atom. The first kappa shape index (κ1) is 31.2. The summed E-state index contributed by atoms with van der Waals surface area (Å²) in [6, 6.07) is 0. The van der Waals surface area contributed by atoms with Gasteiger partial charge in [-0.3, -0.25) is 0 Å². The van der Waals surface area contributed by atoms with E-state index in [1.807, 2.05) is 0 Å². The Hall–Kier alpha value is 7.37. The van der Waals surface area contributed by atoms with E-state index in [0.29, 0.717) is 11.8 Å². The van der Waals surface area contributed by atoms with Crippen molar-refractivity contribution in [2.45, 2.75) is 29.0 Å². The molecule has 16 heavy (non-hydrogen) atoms. The summed E-state index contributed by atoms with van der Waals surface area (Å²) in [5.74, 6) is 0. The standard InChI is InChI=1S/C6H8O5S.4Rb/c7-1-2-3(8)4(9)5(10)6(11)12-2;;;;/h2-6,11H,1H2;;;;/q-4;4*+1. The quantitative estimate of drug-likeness (QED) is 0.358. The molecular formula is C6H8O5Rb4S. The summed E-state index contributed by atoms with van der Waals surface area (Å²) in [5, 5.41) is 50.9. The van der Waals surface area contributed by atoms with E-state index >= 15 is 0 Å². The second-order valence-electron chi connectivity index (χ2n) is 2.63. The first-order valence-corrected chi connectivity index (χ1v) is 4.41. The number of rotatable bonds is 1. The molecule has 1 aliphatic heterocycles. The average molecular weight is 534 g/mol. The molecule has 0 aliphatic carbocycles. The molecule has 1 saturated heterocycles. The zero-order valence-corrected chi connectivity index (χ0v) is 30.6. The summed E-state index contributed by atoms with van der Waals surface area (Å²) < 4.78 is 0. The molecule has 0 bridgehead atoms. The number of thioether (sulfide) groups is 1. The van der Waals surface area contributed by atoms with Crippen molar-refractivity contribution in [2.24, 2.45) is 0 Å². The Morgan fingerprint density at radius 2 is 1.31 bits per heavy atom. The zero-order valence-electron chi connectivity index (χ0n) is 10.1. The molecule has 5 atom stereocenters. The van der Waals surface area contributed by atoms with Gasteiger partial charge in [0.25, 0.3) is 0 Å². The van der Waals surface area contributed by atoms with E-state index < -0.39 is 35.6 Å². The summed E-state index contributed by atoms with van der Waals surface area (Å²) in [6.07, 6.45) is -5.39. The summed E-state index contributed by atoms with van der Waals surface area (Å²) in [6.45, 7) is -0.721. The van der Waals surface area contributed by atoms with Crippen LogP contribution in [0.5, 0.6) is 0 Å². The van der Waals surface area contributed by atoms with Crippen molar-refractivity contribution in [3.63, 3.8) is 0 Å². The molecule has 1 rings (SSSR count). The maximum absolute atomic E-state index is 11.0. The zero-order chi connectivity index (χ0) is 9.30. The Balaban J connectivity index is -0.000000180. The van der Waals surface area contributed by atoms with Crippen molar-refractivity contribution >= 4 is 11.8 Å². The van der Waals surface area contributed by atoms with Crippen LogP contribution >= 0.6 is 11.8 Å². The second-order valence-corrected chi connectivity index (χ2v) is 3.99. The fourth-order valence-corrected chi connectivity index (χ4v) is 2.09. The van der Waals surface area contributed by atoms with Crippen molar-refractivity contribution in [1.82, 2.24) is 0 Å². The molecule has 1 heterocycles. The Bertz CT molecular complexity index is 163. The van der Waals surface area contributed by atoms with Gasteiger partial charge in [-0.1, -0.05) is 0 Å². The van der Waals surface area contributed by atoms with Crippen LogP contribution < -0.4 is 253 Å². The van der Waals surface area contributed by atoms with Crippen LogP contribution in [0.2, 0.25) is 0 Å². The van der Waals surface area contributed by atoms with Gasteiger partial charge in [-0.25, -0.2) is 0 Å². The number of aliphatic hydroxyl groups is 1. The Kier molecular flexibility index (Phi) is 33.5. The fourth-order valence-electron chi connectivity index (χ4n) is 1.03. The van der Waals surface area contributed by atoms with Gasteiger partial charge < -0.3 is 25.5 Å². The van der Waals surface area contributed by atoms with Gasteiger partial charge >= 0.3 is 233 Å². The topological polar surface area (TPSA) is 112 Å². The number of hydrogen-bond acceptors (Lipinski definition) is 6. The molecule has 0 radical (unpaired) electrons. The Labute approximate surface area is 295 Å². The van der Waals surface area contributed by atoms with Gasteiger partial charge in [0.05, 0.1) is 5.44 Å². The predicted octanol–water partition coefficient (Wildman–Crippen LogP) is -17.0. The molecule has 72 valence electrons. The van der Waals surface area contributed by atoms with Gasteiger partial charge in [-0.15, -0.1) is 36.7 Å². The first-order chi connectivity index (χ1) is 5.57. The monoisotopic (exact) mass is 532 g/mol. The SMILES string of the molecule is [O-]CC1SC(O)C([O-])C([O-])C1[O-].[Rb+].[Rb+].[Rb+].[Rb+]. The van der Waals surface area contributed by atoms with E-state index in [1.54, 1.807) is 0 Å². The third-order valence-electron chi connectivity index (χ3n) is 1.77. The average Bonchev–Trinajstić information content (AvgIpc) is 2.08. The fraction of sp³-hybridized carbons (Fsp3) is 1.00. The summed E-state index contributed by atoms with van der Waals surface area (Å²) in [7, 11) is 0. The van der Waals surface area contributed by atoms with Crippen LogP contribution in [0.15, 0.2) is 0 Å². The molecule has 10 heteroatoms. The molecule has 5 nitrogen and oxygen atoms in total. The molecular weight excluding hydrogens is 526 g/mol. The second kappa shape index (κ2) is 17.2. The minimum atomic E-state index is -1.90. The summed E-state index contributed by atoms with van der Waals surface area (Å²) in [4.78, 5) is 0. The largest absolute Gasteiger partial charge is 1.00 e. The van der Waals surface area contributed by atoms with Gasteiger partial charge in [-0.2, -0.15) is 0 Å². The van der Waals surface area contributed by atoms with Crippen molar-refractivity contribution < 1.29 is 258 Å². The first-order valence-electron chi connectivity index (χ1n) is 3.47. The van der Waals surface area contributed by atoms with Crippen LogP contribution in [0, 0.1) is 0 Å². The third kappa shape index (κ3) is 10.3. The van der Waals surface area contributed by atoms with Gasteiger partial charge in [0.15, 0.2) is 0 Å². The van der Waals surface area contributed by atoms with Crippen LogP contribution in [0.25, 0.3) is 0 Å². The summed E-state index contributed by atoms with van der Waals surface area (Å²) in [5.41, 5.74) is -1.41. The molecule has 0 amide bonds. The number of aliphatic hydroxyl groups excluding tert-OH is 1. The molecule has 1 N–H and O–H groups in total. The van der Waals surface area contributed by atoms with Crippen LogP contribution in [-0.2, 0) is 0 Å². The molecule has 5 unspecified atom stereocenters. The van der Waals surface area contributed by atoms with Crippen LogP contribution in [0.1, 0.15) is 0 Å². The van der Waals surface area contributed by atoms with E-state index in [2.05, 4.69) is 0 Å². The third-order valence-corrected chi connectivity index (χ3v) is 3.07. The number of hydrogen-bond donors (Lipinski definition) is 1. The van der Waals surface area contributed by atoms with E-state index in [4.69, 9.17) is 5.11 Å². The summed E-state index contributed by atoms with van der Waals surface area (Å²) >= 11 is 0.624. The van der Waals surface area contributed by atoms with E-state index in [-0.39, 0.29) is 233 Å². The van der Waals surface area contributed by atoms with Gasteiger partial charge in [0.1, 0.15) is 0 Å². The molecule has 0 aromatic heterocycles. The van der Waals surface area contributed by atoms with Crippen LogP contribution in [-0.4, -0.2) is 40.7 Å². The maximum Gasteiger partial charge on any atom is 1.00 e. The Morgan fingerprint density at radius 3 is 1.69 bits per heavy atom. The van der Waals surface area contributed by atoms with Gasteiger partial charge in [0.2, 0.25) is 0 Å².